The van der Waals surface area contributed by atoms with Crippen LogP contribution in [0.1, 0.15) is 23.6 Å². The highest BCUT2D eigenvalue weighted by Gasteiger charge is 2.20. The van der Waals surface area contributed by atoms with E-state index in [1.165, 1.54) is 16.7 Å². The number of hydrogen-bond acceptors (Lipinski definition) is 2. The van der Waals surface area contributed by atoms with Crippen molar-refractivity contribution in [2.45, 2.75) is 32.4 Å². The first-order chi connectivity index (χ1) is 9.74. The van der Waals surface area contributed by atoms with Crippen molar-refractivity contribution in [2.75, 3.05) is 12.3 Å². The summed E-state index contributed by atoms with van der Waals surface area (Å²) in [6.45, 7) is 4.51. The molecule has 1 aliphatic rings. The van der Waals surface area contributed by atoms with E-state index in [9.17, 15) is 0 Å². The number of anilines is 1. The van der Waals surface area contributed by atoms with Gasteiger partial charge in [0, 0.05) is 24.8 Å². The van der Waals surface area contributed by atoms with Crippen LogP contribution in [-0.4, -0.2) is 17.5 Å². The molecule has 1 atom stereocenters. The SMILES string of the molecule is CC(Cc1ccccc1N)N1CCc2ccccc2C1. The summed E-state index contributed by atoms with van der Waals surface area (Å²) in [5.74, 6) is 0. The third-order valence-corrected chi connectivity index (χ3v) is 4.35. The molecule has 104 valence electrons. The Labute approximate surface area is 121 Å². The summed E-state index contributed by atoms with van der Waals surface area (Å²) in [4.78, 5) is 2.56. The first-order valence-corrected chi connectivity index (χ1v) is 7.38. The van der Waals surface area contributed by atoms with Crippen molar-refractivity contribution in [3.05, 3.63) is 65.2 Å². The Morgan fingerprint density at radius 3 is 2.55 bits per heavy atom. The lowest BCUT2D eigenvalue weighted by Crippen LogP contribution is -2.38. The van der Waals surface area contributed by atoms with Gasteiger partial charge < -0.3 is 5.73 Å². The lowest BCUT2D eigenvalue weighted by Gasteiger charge is -2.34. The molecule has 0 saturated carbocycles. The lowest BCUT2D eigenvalue weighted by molar-refractivity contribution is 0.190. The van der Waals surface area contributed by atoms with Crippen molar-refractivity contribution < 1.29 is 0 Å². The minimum absolute atomic E-state index is 0.521. The molecule has 2 aromatic rings. The molecule has 1 aliphatic heterocycles. The molecule has 2 heteroatoms. The van der Waals surface area contributed by atoms with Crippen LogP contribution in [0.15, 0.2) is 48.5 Å². The molecule has 3 rings (SSSR count). The summed E-state index contributed by atoms with van der Waals surface area (Å²) in [5, 5.41) is 0. The van der Waals surface area contributed by atoms with Crippen molar-refractivity contribution in [2.24, 2.45) is 0 Å². The van der Waals surface area contributed by atoms with Gasteiger partial charge in [0.05, 0.1) is 0 Å². The summed E-state index contributed by atoms with van der Waals surface area (Å²) in [6.07, 6.45) is 2.18. The van der Waals surface area contributed by atoms with Crippen molar-refractivity contribution in [1.29, 1.82) is 0 Å². The molecular formula is C18H22N2. The zero-order chi connectivity index (χ0) is 13.9. The number of nitrogen functional groups attached to an aromatic ring is 1. The van der Waals surface area contributed by atoms with Gasteiger partial charge in [-0.05, 0) is 42.5 Å². The molecule has 0 aromatic heterocycles. The molecule has 1 heterocycles. The third-order valence-electron chi connectivity index (χ3n) is 4.35. The maximum atomic E-state index is 6.06. The second-order valence-corrected chi connectivity index (χ2v) is 5.74. The average molecular weight is 266 g/mol. The molecule has 0 saturated heterocycles. The normalized spacial score (nSPS) is 16.6. The molecule has 1 unspecified atom stereocenters. The van der Waals surface area contributed by atoms with Crippen LogP contribution in [0.5, 0.6) is 0 Å². The molecule has 20 heavy (non-hydrogen) atoms. The number of rotatable bonds is 3. The second kappa shape index (κ2) is 5.68. The van der Waals surface area contributed by atoms with E-state index in [-0.39, 0.29) is 0 Å². The predicted molar refractivity (Wildman–Crippen MR) is 84.6 cm³/mol. The number of benzene rings is 2. The van der Waals surface area contributed by atoms with Crippen LogP contribution in [0.25, 0.3) is 0 Å². The van der Waals surface area contributed by atoms with Gasteiger partial charge in [0.2, 0.25) is 0 Å². The topological polar surface area (TPSA) is 29.3 Å². The zero-order valence-electron chi connectivity index (χ0n) is 12.0. The smallest absolute Gasteiger partial charge is 0.0347 e. The van der Waals surface area contributed by atoms with Gasteiger partial charge in [-0.1, -0.05) is 42.5 Å². The minimum Gasteiger partial charge on any atom is -0.399 e. The molecule has 0 fully saturated rings. The summed E-state index contributed by atoms with van der Waals surface area (Å²) < 4.78 is 0. The van der Waals surface area contributed by atoms with E-state index in [1.807, 2.05) is 12.1 Å². The summed E-state index contributed by atoms with van der Waals surface area (Å²) in [6, 6.07) is 17.5. The Kier molecular flexibility index (Phi) is 3.75. The molecular weight excluding hydrogens is 244 g/mol. The minimum atomic E-state index is 0.521. The van der Waals surface area contributed by atoms with E-state index in [4.69, 9.17) is 5.73 Å². The van der Waals surface area contributed by atoms with E-state index in [0.29, 0.717) is 6.04 Å². The fourth-order valence-electron chi connectivity index (χ4n) is 3.06. The second-order valence-electron chi connectivity index (χ2n) is 5.74. The van der Waals surface area contributed by atoms with E-state index < -0.39 is 0 Å². The van der Waals surface area contributed by atoms with Gasteiger partial charge in [-0.15, -0.1) is 0 Å². The van der Waals surface area contributed by atoms with Gasteiger partial charge in [0.15, 0.2) is 0 Å². The van der Waals surface area contributed by atoms with Crippen molar-refractivity contribution in [1.82, 2.24) is 4.90 Å². The van der Waals surface area contributed by atoms with Crippen LogP contribution in [0.2, 0.25) is 0 Å². The number of nitrogens with two attached hydrogens (primary N) is 1. The van der Waals surface area contributed by atoms with Crippen LogP contribution < -0.4 is 5.73 Å². The van der Waals surface area contributed by atoms with Crippen LogP contribution in [0, 0.1) is 0 Å². The number of fused-ring (bicyclic) bond motifs is 1. The molecule has 0 amide bonds. The third kappa shape index (κ3) is 2.70. The number of hydrogen-bond donors (Lipinski definition) is 1. The van der Waals surface area contributed by atoms with Crippen molar-refractivity contribution >= 4 is 5.69 Å². The van der Waals surface area contributed by atoms with E-state index in [0.717, 1.165) is 31.6 Å². The van der Waals surface area contributed by atoms with E-state index >= 15 is 0 Å². The highest BCUT2D eigenvalue weighted by atomic mass is 15.2. The molecule has 0 aliphatic carbocycles. The Morgan fingerprint density at radius 1 is 1.05 bits per heavy atom. The predicted octanol–water partition coefficient (Wildman–Crippen LogP) is 3.26. The molecule has 0 bridgehead atoms. The standard InChI is InChI=1S/C18H22N2/c1-14(12-16-7-4-5-9-18(16)19)20-11-10-15-6-2-3-8-17(15)13-20/h2-9,14H,10-13,19H2,1H3. The van der Waals surface area contributed by atoms with Crippen LogP contribution in [0.3, 0.4) is 0 Å². The Morgan fingerprint density at radius 2 is 1.75 bits per heavy atom. The first-order valence-electron chi connectivity index (χ1n) is 7.38. The molecule has 2 N–H and O–H groups in total. The van der Waals surface area contributed by atoms with Gasteiger partial charge >= 0.3 is 0 Å². The van der Waals surface area contributed by atoms with Gasteiger partial charge in [-0.2, -0.15) is 0 Å². The van der Waals surface area contributed by atoms with Crippen molar-refractivity contribution in [3.8, 4) is 0 Å². The Bertz CT molecular complexity index is 591. The first kappa shape index (κ1) is 13.2. The van der Waals surface area contributed by atoms with Gasteiger partial charge in [-0.3, -0.25) is 4.90 Å². The lowest BCUT2D eigenvalue weighted by atomic mass is 9.97. The molecule has 2 aromatic carbocycles. The summed E-state index contributed by atoms with van der Waals surface area (Å²) >= 11 is 0. The zero-order valence-corrected chi connectivity index (χ0v) is 12.0. The monoisotopic (exact) mass is 266 g/mol. The van der Waals surface area contributed by atoms with Crippen LogP contribution >= 0.6 is 0 Å². The Balaban J connectivity index is 1.70. The fraction of sp³-hybridized carbons (Fsp3) is 0.333. The average Bonchev–Trinajstić information content (AvgIpc) is 2.49. The van der Waals surface area contributed by atoms with Crippen LogP contribution in [0.4, 0.5) is 5.69 Å². The number of para-hydroxylation sites is 1. The largest absolute Gasteiger partial charge is 0.399 e. The highest BCUT2D eigenvalue weighted by molar-refractivity contribution is 5.46. The quantitative estimate of drug-likeness (QED) is 0.864. The van der Waals surface area contributed by atoms with E-state index in [2.05, 4.69) is 48.2 Å². The molecule has 2 nitrogen and oxygen atoms in total. The Hall–Kier alpha value is -1.80. The maximum Gasteiger partial charge on any atom is 0.0347 e. The van der Waals surface area contributed by atoms with Gasteiger partial charge in [0.1, 0.15) is 0 Å². The molecule has 0 radical (unpaired) electrons. The van der Waals surface area contributed by atoms with Crippen LogP contribution in [-0.2, 0) is 19.4 Å². The van der Waals surface area contributed by atoms with Crippen molar-refractivity contribution in [3.63, 3.8) is 0 Å². The summed E-state index contributed by atoms with van der Waals surface area (Å²) in [7, 11) is 0. The summed E-state index contributed by atoms with van der Waals surface area (Å²) in [5.41, 5.74) is 11.2. The molecule has 0 spiro atoms. The maximum absolute atomic E-state index is 6.06. The fourth-order valence-corrected chi connectivity index (χ4v) is 3.06. The van der Waals surface area contributed by atoms with Gasteiger partial charge in [-0.25, -0.2) is 0 Å². The van der Waals surface area contributed by atoms with Gasteiger partial charge in [0.25, 0.3) is 0 Å². The highest BCUT2D eigenvalue weighted by Crippen LogP contribution is 2.22. The number of nitrogens with zero attached hydrogens (tertiary/aromatic N) is 1. The van der Waals surface area contributed by atoms with E-state index in [1.54, 1.807) is 0 Å².